The van der Waals surface area contributed by atoms with E-state index in [1.165, 1.54) is 0 Å². The van der Waals surface area contributed by atoms with Crippen molar-refractivity contribution in [1.82, 2.24) is 24.4 Å². The number of pyridine rings is 2. The molecule has 1 fully saturated rings. The summed E-state index contributed by atoms with van der Waals surface area (Å²) in [5, 5.41) is 16.7. The molecule has 0 aromatic carbocycles. The van der Waals surface area contributed by atoms with Crippen molar-refractivity contribution in [2.45, 2.75) is 97.2 Å². The number of rotatable bonds is 14. The van der Waals surface area contributed by atoms with Gasteiger partial charge in [-0.2, -0.15) is 0 Å². The Balaban J connectivity index is 1.62. The maximum Gasteiger partial charge on any atom is 0.174 e. The molecule has 1 saturated heterocycles. The van der Waals surface area contributed by atoms with E-state index in [0.717, 1.165) is 12.1 Å². The van der Waals surface area contributed by atoms with Crippen molar-refractivity contribution in [3.63, 3.8) is 0 Å². The smallest absolute Gasteiger partial charge is 0.174 e. The van der Waals surface area contributed by atoms with Crippen LogP contribution in [0.2, 0.25) is 56.5 Å². The number of nitrogens with one attached hydrogen (secondary N) is 1. The molecule has 0 unspecified atom stereocenters. The Hall–Kier alpha value is -2.33. The van der Waals surface area contributed by atoms with Gasteiger partial charge in [-0.05, 0) is 43.1 Å². The number of hydrogen-bond acceptors (Lipinski definition) is 7. The summed E-state index contributed by atoms with van der Waals surface area (Å²) in [6.45, 7) is 23.3. The van der Waals surface area contributed by atoms with Gasteiger partial charge >= 0.3 is 0 Å². The van der Waals surface area contributed by atoms with Crippen molar-refractivity contribution in [2.24, 2.45) is 5.92 Å². The van der Waals surface area contributed by atoms with E-state index in [4.69, 9.17) is 26.1 Å². The van der Waals surface area contributed by atoms with E-state index in [1.807, 2.05) is 49.7 Å². The first-order valence-electron chi connectivity index (χ1n) is 17.2. The van der Waals surface area contributed by atoms with Gasteiger partial charge in [-0.3, -0.25) is 4.57 Å². The lowest BCUT2D eigenvalue weighted by Gasteiger charge is -2.43. The van der Waals surface area contributed by atoms with E-state index in [9.17, 15) is 5.11 Å². The molecule has 48 heavy (non-hydrogen) atoms. The zero-order valence-corrected chi connectivity index (χ0v) is 32.9. The minimum Gasteiger partial charge on any atom is -0.388 e. The van der Waals surface area contributed by atoms with Crippen LogP contribution in [0, 0.1) is 11.7 Å². The fraction of sp³-hybridized carbons (Fsp3) is 0.600. The van der Waals surface area contributed by atoms with Gasteiger partial charge in [0.25, 0.3) is 0 Å². The first-order valence-corrected chi connectivity index (χ1v) is 25.0. The number of aliphatic hydroxyl groups is 1. The minimum atomic E-state index is -1.29. The highest BCUT2D eigenvalue weighted by Gasteiger charge is 2.39. The molecule has 0 radical (unpaired) electrons. The summed E-state index contributed by atoms with van der Waals surface area (Å²) in [5.41, 5.74) is 0.737. The summed E-state index contributed by atoms with van der Waals surface area (Å²) in [6, 6.07) is 7.50. The lowest BCUT2D eigenvalue weighted by molar-refractivity contribution is -0.0231. The zero-order chi connectivity index (χ0) is 35.0. The van der Waals surface area contributed by atoms with E-state index < -0.39 is 27.6 Å². The Bertz CT molecular complexity index is 1730. The van der Waals surface area contributed by atoms with Crippen LogP contribution in [0.4, 0.5) is 10.2 Å². The van der Waals surface area contributed by atoms with E-state index in [-0.39, 0.29) is 31.1 Å². The number of hydrogen-bond donors (Lipinski definition) is 2. The number of ether oxygens (including phenoxy) is 2. The third-order valence-corrected chi connectivity index (χ3v) is 13.4. The maximum atomic E-state index is 17.1. The van der Waals surface area contributed by atoms with Gasteiger partial charge in [0, 0.05) is 77.7 Å². The molecule has 0 saturated carbocycles. The number of anilines is 1. The first-order chi connectivity index (χ1) is 22.5. The first kappa shape index (κ1) is 36.9. The molecule has 4 aromatic heterocycles. The van der Waals surface area contributed by atoms with Crippen molar-refractivity contribution in [3.05, 3.63) is 41.6 Å². The molecule has 5 rings (SSSR count). The van der Waals surface area contributed by atoms with E-state index in [2.05, 4.69) is 54.5 Å². The van der Waals surface area contributed by atoms with Crippen LogP contribution in [0.5, 0.6) is 0 Å². The summed E-state index contributed by atoms with van der Waals surface area (Å²) in [4.78, 5) is 11.9. The topological polar surface area (TPSA) is 89.6 Å². The van der Waals surface area contributed by atoms with Gasteiger partial charge in [0.1, 0.15) is 35.8 Å². The molecular weight excluding hydrogens is 663 g/mol. The lowest BCUT2D eigenvalue weighted by Crippen LogP contribution is -2.62. The minimum absolute atomic E-state index is 0.0338. The van der Waals surface area contributed by atoms with Crippen molar-refractivity contribution in [3.8, 4) is 11.3 Å². The van der Waals surface area contributed by atoms with E-state index in [1.54, 1.807) is 10.8 Å². The molecule has 9 nitrogen and oxygen atoms in total. The van der Waals surface area contributed by atoms with E-state index in [0.29, 0.717) is 71.3 Å². The molecule has 2 N–H and O–H groups in total. The second-order valence-electron chi connectivity index (χ2n) is 16.1. The van der Waals surface area contributed by atoms with Gasteiger partial charge < -0.3 is 29.4 Å². The van der Waals surface area contributed by atoms with Crippen LogP contribution in [-0.2, 0) is 22.9 Å². The normalized spacial score (nSPS) is 17.6. The molecule has 5 heterocycles. The van der Waals surface area contributed by atoms with Gasteiger partial charge in [0.05, 0.1) is 17.2 Å². The fourth-order valence-electron chi connectivity index (χ4n) is 6.04. The molecule has 0 aliphatic carbocycles. The van der Waals surface area contributed by atoms with Crippen LogP contribution in [0.15, 0.2) is 30.6 Å². The van der Waals surface area contributed by atoms with Gasteiger partial charge in [-0.15, -0.1) is 0 Å². The number of aromatic nitrogens is 4. The van der Waals surface area contributed by atoms with Crippen LogP contribution < -0.4 is 10.2 Å². The average Bonchev–Trinajstić information content (AvgIpc) is 3.56. The second kappa shape index (κ2) is 14.5. The monoisotopic (exact) mass is 716 g/mol. The highest BCUT2D eigenvalue weighted by atomic mass is 35.5. The van der Waals surface area contributed by atoms with Crippen LogP contribution in [0.1, 0.15) is 20.8 Å². The predicted octanol–water partition coefficient (Wildman–Crippen LogP) is 7.66. The maximum absolute atomic E-state index is 17.1. The quantitative estimate of drug-likeness (QED) is 0.102. The molecule has 4 aromatic rings. The fourth-order valence-corrected chi connectivity index (χ4v) is 7.87. The summed E-state index contributed by atoms with van der Waals surface area (Å²) in [6.07, 6.45) is 3.59. The van der Waals surface area contributed by atoms with Crippen LogP contribution >= 0.6 is 11.6 Å². The van der Waals surface area contributed by atoms with Gasteiger partial charge in [-0.1, -0.05) is 64.7 Å². The Morgan fingerprint density at radius 2 is 1.73 bits per heavy atom. The number of halogens is 2. The van der Waals surface area contributed by atoms with Gasteiger partial charge in [0.2, 0.25) is 0 Å². The summed E-state index contributed by atoms with van der Waals surface area (Å²) in [5.74, 6) is 0.227. The molecular formula is C35H54ClFN6O3Si2. The lowest BCUT2D eigenvalue weighted by atomic mass is 9.84. The van der Waals surface area contributed by atoms with Crippen LogP contribution in [0.25, 0.3) is 33.2 Å². The molecule has 0 bridgehead atoms. The standard InChI is InChI=1S/C35H54ClFN6O3Si2/c1-24(2)35(3,44)27-21-41(16-14-38-27)34-26-12-15-42(22-45-17-19-47(4,5)6)31(26)29(37)30(40-34)28-25-11-10-13-39-33(25)43(32(28)36)23-46-18-20-48(7,8)9/h10-13,15,24,27,38,44H,14,16-23H2,1-9H3/t27-,35+/m0/s1. The second-order valence-corrected chi connectivity index (χ2v) is 27.7. The van der Waals surface area contributed by atoms with Crippen molar-refractivity contribution in [2.75, 3.05) is 37.7 Å². The summed E-state index contributed by atoms with van der Waals surface area (Å²) >= 11 is 7.15. The van der Waals surface area contributed by atoms with Crippen molar-refractivity contribution in [1.29, 1.82) is 0 Å². The van der Waals surface area contributed by atoms with Gasteiger partial charge in [0.15, 0.2) is 5.82 Å². The Labute approximate surface area is 291 Å². The molecule has 0 spiro atoms. The largest absolute Gasteiger partial charge is 0.388 e. The van der Waals surface area contributed by atoms with E-state index >= 15 is 4.39 Å². The Morgan fingerprint density at radius 3 is 2.38 bits per heavy atom. The Kier molecular flexibility index (Phi) is 11.2. The SMILES string of the molecule is CC(C)[C@@](C)(O)[C@@H]1CN(c2nc(-c3c(Cl)n(COCC[Si](C)(C)C)c4ncccc34)c(F)c3c2ccn3COCC[Si](C)(C)C)CCN1. The Morgan fingerprint density at radius 1 is 1.06 bits per heavy atom. The molecule has 1 aliphatic rings. The van der Waals surface area contributed by atoms with Crippen molar-refractivity contribution < 1.29 is 19.0 Å². The highest BCUT2D eigenvalue weighted by Crippen LogP contribution is 2.42. The third kappa shape index (κ3) is 8.01. The molecule has 264 valence electrons. The molecule has 1 aliphatic heterocycles. The highest BCUT2D eigenvalue weighted by molar-refractivity contribution is 6.76. The predicted molar refractivity (Wildman–Crippen MR) is 201 cm³/mol. The third-order valence-electron chi connectivity index (χ3n) is 9.62. The number of fused-ring (bicyclic) bond motifs is 2. The van der Waals surface area contributed by atoms with Gasteiger partial charge in [-0.25, -0.2) is 14.4 Å². The summed E-state index contributed by atoms with van der Waals surface area (Å²) < 4.78 is 33.0. The van der Waals surface area contributed by atoms with Crippen LogP contribution in [0.3, 0.4) is 0 Å². The summed E-state index contributed by atoms with van der Waals surface area (Å²) in [7, 11) is -2.58. The zero-order valence-electron chi connectivity index (χ0n) is 30.2. The number of piperazine rings is 1. The van der Waals surface area contributed by atoms with Crippen LogP contribution in [-0.4, -0.2) is 84.8 Å². The van der Waals surface area contributed by atoms with Crippen molar-refractivity contribution >= 4 is 55.5 Å². The number of nitrogens with zero attached hydrogens (tertiary/aromatic N) is 5. The molecule has 0 amide bonds. The molecule has 13 heteroatoms. The average molecular weight is 717 g/mol. The molecule has 2 atom stereocenters.